The van der Waals surface area contributed by atoms with E-state index in [1.54, 1.807) is 0 Å². The van der Waals surface area contributed by atoms with Crippen LogP contribution in [-0.4, -0.2) is 0 Å². The molecule has 35 heavy (non-hydrogen) atoms. The smallest absolute Gasteiger partial charge is 0.0540 e. The van der Waals surface area contributed by atoms with E-state index in [1.807, 2.05) is 0 Å². The van der Waals surface area contributed by atoms with Crippen molar-refractivity contribution in [1.82, 2.24) is 0 Å². The zero-order chi connectivity index (χ0) is 23.5. The highest BCUT2D eigenvalue weighted by Gasteiger charge is 2.18. The van der Waals surface area contributed by atoms with Crippen LogP contribution in [0.5, 0.6) is 0 Å². The van der Waals surface area contributed by atoms with E-state index in [4.69, 9.17) is 0 Å². The second kappa shape index (κ2) is 9.32. The van der Waals surface area contributed by atoms with E-state index in [2.05, 4.69) is 157 Å². The van der Waals surface area contributed by atoms with Crippen LogP contribution in [0.15, 0.2) is 152 Å². The molecule has 0 heterocycles. The first-order chi connectivity index (χ1) is 17.4. The third-order valence-corrected chi connectivity index (χ3v) is 6.45. The number of para-hydroxylation sites is 3. The van der Waals surface area contributed by atoms with Crippen LogP contribution in [0.3, 0.4) is 0 Å². The topological polar surface area (TPSA) is 3.24 Å². The first-order valence-electron chi connectivity index (χ1n) is 12.0. The van der Waals surface area contributed by atoms with Crippen molar-refractivity contribution in [2.24, 2.45) is 0 Å². The monoisotopic (exact) mass is 447 g/mol. The van der Waals surface area contributed by atoms with Crippen LogP contribution < -0.4 is 4.90 Å². The summed E-state index contributed by atoms with van der Waals surface area (Å²) in [5.74, 6) is 0. The zero-order valence-electron chi connectivity index (χ0n) is 19.4. The molecule has 166 valence electrons. The fraction of sp³-hybridized carbons (Fsp3) is 0. The first kappa shape index (κ1) is 20.9. The lowest BCUT2D eigenvalue weighted by Gasteiger charge is -2.28. The zero-order valence-corrected chi connectivity index (χ0v) is 19.4. The average molecular weight is 448 g/mol. The Bertz CT molecular complexity index is 1530. The Hall–Kier alpha value is -4.62. The summed E-state index contributed by atoms with van der Waals surface area (Å²) < 4.78 is 0. The highest BCUT2D eigenvalue weighted by atomic mass is 15.1. The molecule has 0 aliphatic heterocycles. The number of hydrogen-bond acceptors (Lipinski definition) is 1. The Kier molecular flexibility index (Phi) is 5.58. The van der Waals surface area contributed by atoms with Crippen molar-refractivity contribution in [3.8, 4) is 22.3 Å². The molecule has 6 aromatic rings. The van der Waals surface area contributed by atoms with Gasteiger partial charge in [0.25, 0.3) is 0 Å². The van der Waals surface area contributed by atoms with E-state index in [1.165, 1.54) is 33.0 Å². The summed E-state index contributed by atoms with van der Waals surface area (Å²) >= 11 is 0. The van der Waals surface area contributed by atoms with E-state index in [-0.39, 0.29) is 0 Å². The summed E-state index contributed by atoms with van der Waals surface area (Å²) in [5, 5.41) is 2.51. The number of hydrogen-bond donors (Lipinski definition) is 0. The quantitative estimate of drug-likeness (QED) is 0.254. The van der Waals surface area contributed by atoms with E-state index >= 15 is 0 Å². The molecule has 0 aliphatic rings. The van der Waals surface area contributed by atoms with Crippen molar-refractivity contribution in [1.29, 1.82) is 0 Å². The molecule has 0 spiro atoms. The molecule has 0 atom stereocenters. The lowest BCUT2D eigenvalue weighted by atomic mass is 9.90. The van der Waals surface area contributed by atoms with E-state index < -0.39 is 0 Å². The SMILES string of the molecule is c1ccc(-c2cccc3cccc(-c4ccccc4N(c4ccccc4)c4ccccc4)c23)cc1. The van der Waals surface area contributed by atoms with Gasteiger partial charge in [-0.2, -0.15) is 0 Å². The van der Waals surface area contributed by atoms with Crippen molar-refractivity contribution < 1.29 is 0 Å². The van der Waals surface area contributed by atoms with Gasteiger partial charge in [-0.3, -0.25) is 0 Å². The van der Waals surface area contributed by atoms with Crippen LogP contribution in [0.2, 0.25) is 0 Å². The molecule has 0 radical (unpaired) electrons. The lowest BCUT2D eigenvalue weighted by molar-refractivity contribution is 1.28. The molecule has 0 aromatic heterocycles. The number of anilines is 3. The molecule has 0 saturated heterocycles. The molecule has 0 aliphatic carbocycles. The molecule has 0 unspecified atom stereocenters. The molecule has 0 N–H and O–H groups in total. The Morgan fingerprint density at radius 1 is 0.343 bits per heavy atom. The molecule has 0 saturated carbocycles. The lowest BCUT2D eigenvalue weighted by Crippen LogP contribution is -2.11. The van der Waals surface area contributed by atoms with Gasteiger partial charge in [0.05, 0.1) is 5.69 Å². The molecule has 0 amide bonds. The van der Waals surface area contributed by atoms with Crippen LogP contribution in [-0.2, 0) is 0 Å². The van der Waals surface area contributed by atoms with Gasteiger partial charge in [-0.1, -0.05) is 121 Å². The second-order valence-corrected chi connectivity index (χ2v) is 8.60. The molecule has 6 rings (SSSR count). The number of fused-ring (bicyclic) bond motifs is 1. The highest BCUT2D eigenvalue weighted by Crippen LogP contribution is 2.44. The Balaban J connectivity index is 1.64. The molecule has 0 fully saturated rings. The summed E-state index contributed by atoms with van der Waals surface area (Å²) in [4.78, 5) is 2.35. The van der Waals surface area contributed by atoms with Gasteiger partial charge in [0.15, 0.2) is 0 Å². The Morgan fingerprint density at radius 3 is 1.46 bits per heavy atom. The third kappa shape index (κ3) is 3.98. The van der Waals surface area contributed by atoms with Gasteiger partial charge < -0.3 is 4.90 Å². The summed E-state index contributed by atoms with van der Waals surface area (Å²) in [7, 11) is 0. The third-order valence-electron chi connectivity index (χ3n) is 6.45. The van der Waals surface area contributed by atoms with E-state index in [0.717, 1.165) is 17.1 Å². The van der Waals surface area contributed by atoms with Crippen molar-refractivity contribution >= 4 is 27.8 Å². The van der Waals surface area contributed by atoms with Gasteiger partial charge in [0.1, 0.15) is 0 Å². The number of rotatable bonds is 5. The Labute approximate surface area is 206 Å². The summed E-state index contributed by atoms with van der Waals surface area (Å²) in [6.07, 6.45) is 0. The normalized spacial score (nSPS) is 10.9. The van der Waals surface area contributed by atoms with Gasteiger partial charge in [0, 0.05) is 16.9 Å². The minimum absolute atomic E-state index is 1.13. The fourth-order valence-electron chi connectivity index (χ4n) is 4.90. The maximum absolute atomic E-state index is 2.35. The second-order valence-electron chi connectivity index (χ2n) is 8.60. The molecule has 6 aromatic carbocycles. The van der Waals surface area contributed by atoms with Crippen molar-refractivity contribution in [3.05, 3.63) is 152 Å². The van der Waals surface area contributed by atoms with Gasteiger partial charge in [-0.25, -0.2) is 0 Å². The minimum atomic E-state index is 1.13. The molecule has 1 heteroatoms. The van der Waals surface area contributed by atoms with E-state index in [9.17, 15) is 0 Å². The minimum Gasteiger partial charge on any atom is -0.310 e. The van der Waals surface area contributed by atoms with Crippen LogP contribution in [0, 0.1) is 0 Å². The van der Waals surface area contributed by atoms with Crippen LogP contribution >= 0.6 is 0 Å². The van der Waals surface area contributed by atoms with Gasteiger partial charge in [0.2, 0.25) is 0 Å². The average Bonchev–Trinajstić information content (AvgIpc) is 2.94. The summed E-state index contributed by atoms with van der Waals surface area (Å²) in [6.45, 7) is 0. The molecular formula is C34H25N. The largest absolute Gasteiger partial charge is 0.310 e. The van der Waals surface area contributed by atoms with E-state index in [0.29, 0.717) is 0 Å². The van der Waals surface area contributed by atoms with Crippen molar-refractivity contribution in [2.75, 3.05) is 4.90 Å². The van der Waals surface area contributed by atoms with Crippen LogP contribution in [0.25, 0.3) is 33.0 Å². The number of nitrogens with zero attached hydrogens (tertiary/aromatic N) is 1. The van der Waals surface area contributed by atoms with Crippen molar-refractivity contribution in [2.45, 2.75) is 0 Å². The van der Waals surface area contributed by atoms with Gasteiger partial charge in [-0.05, 0) is 57.8 Å². The highest BCUT2D eigenvalue weighted by molar-refractivity contribution is 6.08. The maximum atomic E-state index is 2.35. The maximum Gasteiger partial charge on any atom is 0.0540 e. The van der Waals surface area contributed by atoms with Gasteiger partial charge in [-0.15, -0.1) is 0 Å². The number of benzene rings is 6. The predicted octanol–water partition coefficient (Wildman–Crippen LogP) is 9.64. The van der Waals surface area contributed by atoms with Crippen LogP contribution in [0.1, 0.15) is 0 Å². The van der Waals surface area contributed by atoms with Crippen molar-refractivity contribution in [3.63, 3.8) is 0 Å². The fourth-order valence-corrected chi connectivity index (χ4v) is 4.90. The Morgan fingerprint density at radius 2 is 0.829 bits per heavy atom. The predicted molar refractivity (Wildman–Crippen MR) is 150 cm³/mol. The molecule has 0 bridgehead atoms. The summed E-state index contributed by atoms with van der Waals surface area (Å²) in [6, 6.07) is 53.8. The molecular weight excluding hydrogens is 422 g/mol. The first-order valence-corrected chi connectivity index (χ1v) is 12.0. The molecule has 1 nitrogen and oxygen atoms in total. The van der Waals surface area contributed by atoms with Gasteiger partial charge >= 0.3 is 0 Å². The summed E-state index contributed by atoms with van der Waals surface area (Å²) in [5.41, 5.74) is 8.33. The standard InChI is InChI=1S/C34H25N/c1-4-14-26(15-5-1)30-23-12-16-27-17-13-24-32(34(27)30)31-22-10-11-25-33(31)35(28-18-6-2-7-19-28)29-20-8-3-9-21-29/h1-25H. The van der Waals surface area contributed by atoms with Crippen LogP contribution in [0.4, 0.5) is 17.1 Å².